The third-order valence-electron chi connectivity index (χ3n) is 3.03. The average molecular weight is 246 g/mol. The van der Waals surface area contributed by atoms with E-state index in [9.17, 15) is 9.90 Å². The van der Waals surface area contributed by atoms with Gasteiger partial charge in [0.05, 0.1) is 6.10 Å². The predicted octanol–water partition coefficient (Wildman–Crippen LogP) is 2.76. The molecule has 3 heteroatoms. The lowest BCUT2D eigenvalue weighted by atomic mass is 10.0. The van der Waals surface area contributed by atoms with Crippen molar-refractivity contribution >= 4 is 5.97 Å². The number of hydrogen-bond acceptors (Lipinski definition) is 3. The topological polar surface area (TPSA) is 46.5 Å². The summed E-state index contributed by atoms with van der Waals surface area (Å²) in [6.07, 6.45) is 5.22. The van der Waals surface area contributed by atoms with Crippen LogP contribution in [-0.4, -0.2) is 17.2 Å². The Bertz CT molecular complexity index is 411. The van der Waals surface area contributed by atoms with Gasteiger partial charge in [-0.1, -0.05) is 42.5 Å². The van der Waals surface area contributed by atoms with Gasteiger partial charge in [-0.25, -0.2) is 0 Å². The highest BCUT2D eigenvalue weighted by Crippen LogP contribution is 2.23. The van der Waals surface area contributed by atoms with E-state index >= 15 is 0 Å². The molecule has 1 heterocycles. The predicted molar refractivity (Wildman–Crippen MR) is 68.9 cm³/mol. The minimum atomic E-state index is -0.452. The van der Waals surface area contributed by atoms with Gasteiger partial charge in [-0.05, 0) is 18.4 Å². The van der Waals surface area contributed by atoms with Crippen LogP contribution < -0.4 is 0 Å². The van der Waals surface area contributed by atoms with Crippen molar-refractivity contribution in [2.24, 2.45) is 0 Å². The minimum absolute atomic E-state index is 0.189. The van der Waals surface area contributed by atoms with E-state index in [-0.39, 0.29) is 12.1 Å². The number of rotatable bonds is 1. The highest BCUT2D eigenvalue weighted by molar-refractivity contribution is 5.69. The van der Waals surface area contributed by atoms with Crippen LogP contribution in [0.3, 0.4) is 0 Å². The fourth-order valence-electron chi connectivity index (χ4n) is 2.05. The van der Waals surface area contributed by atoms with Crippen molar-refractivity contribution in [1.29, 1.82) is 0 Å². The van der Waals surface area contributed by atoms with Gasteiger partial charge in [-0.2, -0.15) is 0 Å². The number of aliphatic hydroxyl groups is 1. The first kappa shape index (κ1) is 12.8. The molecule has 0 radical (unpaired) electrons. The number of ether oxygens (including phenoxy) is 1. The first-order valence-corrected chi connectivity index (χ1v) is 6.35. The van der Waals surface area contributed by atoms with Crippen LogP contribution in [0.5, 0.6) is 0 Å². The molecule has 1 aromatic carbocycles. The number of aliphatic hydroxyl groups excluding tert-OH is 1. The van der Waals surface area contributed by atoms with E-state index in [0.29, 0.717) is 25.7 Å². The molecule has 96 valence electrons. The van der Waals surface area contributed by atoms with Crippen LogP contribution in [0.1, 0.15) is 37.4 Å². The number of carbonyl (C=O) groups is 1. The minimum Gasteiger partial charge on any atom is -0.457 e. The lowest BCUT2D eigenvalue weighted by molar-refractivity contribution is -0.149. The molecule has 0 bridgehead atoms. The lowest BCUT2D eigenvalue weighted by Gasteiger charge is -2.18. The molecule has 1 aromatic rings. The van der Waals surface area contributed by atoms with E-state index in [1.807, 2.05) is 36.4 Å². The van der Waals surface area contributed by atoms with Crippen molar-refractivity contribution in [3.05, 3.63) is 48.0 Å². The highest BCUT2D eigenvalue weighted by Gasteiger charge is 2.16. The van der Waals surface area contributed by atoms with Gasteiger partial charge in [0.15, 0.2) is 0 Å². The summed E-state index contributed by atoms with van der Waals surface area (Å²) >= 11 is 0. The fraction of sp³-hybridized carbons (Fsp3) is 0.400. The van der Waals surface area contributed by atoms with Crippen molar-refractivity contribution in [3.63, 3.8) is 0 Å². The molecule has 0 unspecified atom stereocenters. The molecule has 0 saturated carbocycles. The molecule has 18 heavy (non-hydrogen) atoms. The number of esters is 1. The normalized spacial score (nSPS) is 27.3. The summed E-state index contributed by atoms with van der Waals surface area (Å²) in [5.74, 6) is -0.189. The second kappa shape index (κ2) is 6.36. The van der Waals surface area contributed by atoms with Crippen LogP contribution in [-0.2, 0) is 9.53 Å². The summed E-state index contributed by atoms with van der Waals surface area (Å²) < 4.78 is 5.48. The van der Waals surface area contributed by atoms with E-state index in [1.54, 1.807) is 6.08 Å². The summed E-state index contributed by atoms with van der Waals surface area (Å²) in [6, 6.07) is 9.70. The Hall–Kier alpha value is -1.61. The molecule has 2 rings (SSSR count). The molecule has 0 aromatic heterocycles. The van der Waals surface area contributed by atoms with Crippen molar-refractivity contribution in [3.8, 4) is 0 Å². The SMILES string of the molecule is O=C1CCC[C@H](O)/C=C/C[C@@H](c2ccccc2)O1. The molecular formula is C15H18O3. The third kappa shape index (κ3) is 3.70. The summed E-state index contributed by atoms with van der Waals surface area (Å²) in [5, 5.41) is 9.64. The van der Waals surface area contributed by atoms with Gasteiger partial charge in [-0.3, -0.25) is 4.79 Å². The summed E-state index contributed by atoms with van der Waals surface area (Å²) in [6.45, 7) is 0. The quantitative estimate of drug-likeness (QED) is 0.612. The van der Waals surface area contributed by atoms with Crippen molar-refractivity contribution in [2.45, 2.75) is 37.9 Å². The number of hydrogen-bond donors (Lipinski definition) is 1. The number of carbonyl (C=O) groups excluding carboxylic acids is 1. The monoisotopic (exact) mass is 246 g/mol. The lowest BCUT2D eigenvalue weighted by Crippen LogP contribution is -2.13. The number of benzene rings is 1. The molecule has 0 saturated heterocycles. The Labute approximate surface area is 107 Å². The second-order valence-electron chi connectivity index (χ2n) is 4.51. The first-order chi connectivity index (χ1) is 8.75. The zero-order valence-corrected chi connectivity index (χ0v) is 10.3. The largest absolute Gasteiger partial charge is 0.457 e. The smallest absolute Gasteiger partial charge is 0.306 e. The van der Waals surface area contributed by atoms with E-state index in [2.05, 4.69) is 0 Å². The van der Waals surface area contributed by atoms with Gasteiger partial charge in [0.1, 0.15) is 6.10 Å². The van der Waals surface area contributed by atoms with Crippen LogP contribution in [0, 0.1) is 0 Å². The van der Waals surface area contributed by atoms with E-state index in [1.165, 1.54) is 0 Å². The van der Waals surface area contributed by atoms with Crippen LogP contribution in [0.15, 0.2) is 42.5 Å². The van der Waals surface area contributed by atoms with Gasteiger partial charge in [0.2, 0.25) is 0 Å². The van der Waals surface area contributed by atoms with Gasteiger partial charge in [0.25, 0.3) is 0 Å². The molecule has 0 amide bonds. The maximum atomic E-state index is 11.7. The molecule has 0 fully saturated rings. The second-order valence-corrected chi connectivity index (χ2v) is 4.51. The van der Waals surface area contributed by atoms with Gasteiger partial charge in [-0.15, -0.1) is 0 Å². The Morgan fingerprint density at radius 1 is 1.22 bits per heavy atom. The maximum Gasteiger partial charge on any atom is 0.306 e. The molecule has 1 aliphatic rings. The molecular weight excluding hydrogens is 228 g/mol. The Balaban J connectivity index is 2.13. The molecule has 1 aliphatic heterocycles. The zero-order valence-electron chi connectivity index (χ0n) is 10.3. The first-order valence-electron chi connectivity index (χ1n) is 6.35. The summed E-state index contributed by atoms with van der Waals surface area (Å²) in [5.41, 5.74) is 0.991. The van der Waals surface area contributed by atoms with Gasteiger partial charge >= 0.3 is 5.97 Å². The van der Waals surface area contributed by atoms with Crippen LogP contribution >= 0.6 is 0 Å². The Morgan fingerprint density at radius 3 is 2.78 bits per heavy atom. The van der Waals surface area contributed by atoms with Crippen LogP contribution in [0.4, 0.5) is 0 Å². The molecule has 3 nitrogen and oxygen atoms in total. The summed E-state index contributed by atoms with van der Waals surface area (Å²) in [7, 11) is 0. The molecule has 1 N–H and O–H groups in total. The van der Waals surface area contributed by atoms with Gasteiger partial charge in [0, 0.05) is 12.8 Å². The van der Waals surface area contributed by atoms with E-state index < -0.39 is 6.10 Å². The maximum absolute atomic E-state index is 11.7. The highest BCUT2D eigenvalue weighted by atomic mass is 16.5. The van der Waals surface area contributed by atoms with Crippen molar-refractivity contribution < 1.29 is 14.6 Å². The molecule has 2 atom stereocenters. The standard InChI is InChI=1S/C15H18O3/c16-13-8-4-10-14(12-6-2-1-3-7-12)18-15(17)11-5-9-13/h1-4,6-8,13-14,16H,5,9-11H2/b8-4+/t13-,14+/m1/s1. The zero-order chi connectivity index (χ0) is 12.8. The molecule has 0 spiro atoms. The number of cyclic esters (lactones) is 1. The van der Waals surface area contributed by atoms with Crippen LogP contribution in [0.25, 0.3) is 0 Å². The molecule has 0 aliphatic carbocycles. The third-order valence-corrected chi connectivity index (χ3v) is 3.03. The van der Waals surface area contributed by atoms with E-state index in [0.717, 1.165) is 5.56 Å². The van der Waals surface area contributed by atoms with Gasteiger partial charge < -0.3 is 9.84 Å². The van der Waals surface area contributed by atoms with Crippen molar-refractivity contribution in [1.82, 2.24) is 0 Å². The van der Waals surface area contributed by atoms with E-state index in [4.69, 9.17) is 4.74 Å². The van der Waals surface area contributed by atoms with Crippen LogP contribution in [0.2, 0.25) is 0 Å². The summed E-state index contributed by atoms with van der Waals surface area (Å²) in [4.78, 5) is 11.7. The van der Waals surface area contributed by atoms with Crippen molar-refractivity contribution in [2.75, 3.05) is 0 Å². The average Bonchev–Trinajstić information content (AvgIpc) is 2.38. The fourth-order valence-corrected chi connectivity index (χ4v) is 2.05. The Kier molecular flexibility index (Phi) is 4.53. The Morgan fingerprint density at radius 2 is 2.00 bits per heavy atom.